The predicted molar refractivity (Wildman–Crippen MR) is 87.4 cm³/mol. The van der Waals surface area contributed by atoms with E-state index in [9.17, 15) is 9.59 Å². The van der Waals surface area contributed by atoms with Crippen molar-refractivity contribution >= 4 is 12.4 Å². The summed E-state index contributed by atoms with van der Waals surface area (Å²) in [5.41, 5.74) is 1.25. The van der Waals surface area contributed by atoms with Crippen LogP contribution in [0.4, 0.5) is 4.79 Å². The molecule has 1 amide bonds. The first-order valence-corrected chi connectivity index (χ1v) is 8.01. The van der Waals surface area contributed by atoms with E-state index in [1.807, 2.05) is 32.9 Å². The van der Waals surface area contributed by atoms with Crippen molar-refractivity contribution < 1.29 is 19.1 Å². The van der Waals surface area contributed by atoms with Crippen LogP contribution in [0.2, 0.25) is 0 Å². The van der Waals surface area contributed by atoms with Crippen LogP contribution in [-0.2, 0) is 16.1 Å². The van der Waals surface area contributed by atoms with Crippen LogP contribution < -0.4 is 0 Å². The van der Waals surface area contributed by atoms with Gasteiger partial charge < -0.3 is 14.4 Å². The molecular weight excluding hydrogens is 294 g/mol. The van der Waals surface area contributed by atoms with Gasteiger partial charge in [-0.25, -0.2) is 4.79 Å². The number of amides is 1. The summed E-state index contributed by atoms with van der Waals surface area (Å²) in [4.78, 5) is 24.4. The highest BCUT2D eigenvalue weighted by Gasteiger charge is 2.27. The Bertz CT molecular complexity index is 525. The van der Waals surface area contributed by atoms with Crippen molar-refractivity contribution in [2.24, 2.45) is 0 Å². The Kier molecular flexibility index (Phi) is 5.77. The van der Waals surface area contributed by atoms with Crippen molar-refractivity contribution in [2.75, 3.05) is 13.1 Å². The largest absolute Gasteiger partial charge is 0.444 e. The number of hydrogen-bond donors (Lipinski definition) is 0. The van der Waals surface area contributed by atoms with E-state index in [0.29, 0.717) is 25.3 Å². The molecule has 0 unspecified atom stereocenters. The van der Waals surface area contributed by atoms with Crippen LogP contribution in [0, 0.1) is 0 Å². The number of benzene rings is 1. The molecule has 0 N–H and O–H groups in total. The minimum absolute atomic E-state index is 0.152. The Morgan fingerprint density at radius 3 is 2.35 bits per heavy atom. The molecule has 23 heavy (non-hydrogen) atoms. The van der Waals surface area contributed by atoms with E-state index < -0.39 is 5.60 Å². The van der Waals surface area contributed by atoms with Gasteiger partial charge in [-0.1, -0.05) is 24.3 Å². The van der Waals surface area contributed by atoms with Gasteiger partial charge in [0.25, 0.3) is 0 Å². The molecule has 1 saturated heterocycles. The zero-order chi connectivity index (χ0) is 16.9. The fourth-order valence-electron chi connectivity index (χ4n) is 2.44. The van der Waals surface area contributed by atoms with Crippen LogP contribution in [0.25, 0.3) is 0 Å². The first kappa shape index (κ1) is 17.5. The van der Waals surface area contributed by atoms with E-state index in [-0.39, 0.29) is 12.2 Å². The lowest BCUT2D eigenvalue weighted by Crippen LogP contribution is -2.43. The van der Waals surface area contributed by atoms with Gasteiger partial charge >= 0.3 is 6.09 Å². The van der Waals surface area contributed by atoms with E-state index in [2.05, 4.69) is 0 Å². The van der Waals surface area contributed by atoms with Crippen LogP contribution in [0.15, 0.2) is 24.3 Å². The molecule has 0 aromatic heterocycles. The van der Waals surface area contributed by atoms with E-state index >= 15 is 0 Å². The average molecular weight is 319 g/mol. The lowest BCUT2D eigenvalue weighted by atomic mass is 10.1. The second-order valence-corrected chi connectivity index (χ2v) is 6.84. The normalized spacial score (nSPS) is 16.2. The minimum atomic E-state index is -0.460. The van der Waals surface area contributed by atoms with Crippen LogP contribution >= 0.6 is 0 Å². The molecule has 1 aliphatic rings. The topological polar surface area (TPSA) is 55.8 Å². The summed E-state index contributed by atoms with van der Waals surface area (Å²) in [6.07, 6.45) is 2.36. The molecule has 1 heterocycles. The molecule has 0 bridgehead atoms. The SMILES string of the molecule is CC(C)(C)OC(=O)N1CCC(OCc2ccc(C=O)cc2)CC1. The number of nitrogens with zero attached hydrogens (tertiary/aromatic N) is 1. The molecule has 1 fully saturated rings. The highest BCUT2D eigenvalue weighted by Crippen LogP contribution is 2.18. The lowest BCUT2D eigenvalue weighted by Gasteiger charge is -2.33. The molecule has 0 saturated carbocycles. The number of ether oxygens (including phenoxy) is 2. The molecule has 1 aromatic carbocycles. The third-order valence-electron chi connectivity index (χ3n) is 3.70. The molecule has 0 spiro atoms. The fraction of sp³-hybridized carbons (Fsp3) is 0.556. The lowest BCUT2D eigenvalue weighted by molar-refractivity contribution is -0.0170. The number of piperidine rings is 1. The fourth-order valence-corrected chi connectivity index (χ4v) is 2.44. The van der Waals surface area contributed by atoms with Gasteiger partial charge in [0.1, 0.15) is 11.9 Å². The molecule has 5 heteroatoms. The Balaban J connectivity index is 1.74. The molecule has 0 atom stereocenters. The molecule has 0 aliphatic carbocycles. The van der Waals surface area contributed by atoms with E-state index in [1.54, 1.807) is 17.0 Å². The van der Waals surface area contributed by atoms with Crippen molar-refractivity contribution in [3.05, 3.63) is 35.4 Å². The molecule has 0 radical (unpaired) electrons. The third-order valence-corrected chi connectivity index (χ3v) is 3.70. The number of rotatable bonds is 4. The number of aldehydes is 1. The highest BCUT2D eigenvalue weighted by molar-refractivity contribution is 5.74. The molecule has 2 rings (SSSR count). The number of hydrogen-bond acceptors (Lipinski definition) is 4. The smallest absolute Gasteiger partial charge is 0.410 e. The quantitative estimate of drug-likeness (QED) is 0.798. The third kappa shape index (κ3) is 5.67. The van der Waals surface area contributed by atoms with E-state index in [4.69, 9.17) is 9.47 Å². The summed E-state index contributed by atoms with van der Waals surface area (Å²) < 4.78 is 11.3. The molecule has 1 aliphatic heterocycles. The van der Waals surface area contributed by atoms with Gasteiger partial charge in [0.2, 0.25) is 0 Å². The van der Waals surface area contributed by atoms with E-state index in [0.717, 1.165) is 24.7 Å². The van der Waals surface area contributed by atoms with Gasteiger partial charge in [-0.15, -0.1) is 0 Å². The van der Waals surface area contributed by atoms with Crippen molar-refractivity contribution in [1.29, 1.82) is 0 Å². The number of carbonyl (C=O) groups is 2. The van der Waals surface area contributed by atoms with Crippen LogP contribution in [0.5, 0.6) is 0 Å². The maximum absolute atomic E-state index is 12.0. The van der Waals surface area contributed by atoms with Gasteiger partial charge in [-0.05, 0) is 39.2 Å². The van der Waals surface area contributed by atoms with Crippen LogP contribution in [0.3, 0.4) is 0 Å². The van der Waals surface area contributed by atoms with Crippen molar-refractivity contribution in [3.8, 4) is 0 Å². The van der Waals surface area contributed by atoms with Gasteiger partial charge in [0.05, 0.1) is 12.7 Å². The average Bonchev–Trinajstić information content (AvgIpc) is 2.52. The first-order chi connectivity index (χ1) is 10.9. The summed E-state index contributed by atoms with van der Waals surface area (Å²) in [6, 6.07) is 7.38. The molecule has 5 nitrogen and oxygen atoms in total. The van der Waals surface area contributed by atoms with Gasteiger partial charge in [-0.3, -0.25) is 4.79 Å². The summed E-state index contributed by atoms with van der Waals surface area (Å²) in [6.45, 7) is 7.45. The van der Waals surface area contributed by atoms with Gasteiger partial charge in [0.15, 0.2) is 0 Å². The van der Waals surface area contributed by atoms with Crippen molar-refractivity contribution in [2.45, 2.75) is 51.9 Å². The summed E-state index contributed by atoms with van der Waals surface area (Å²) in [5.74, 6) is 0. The Morgan fingerprint density at radius 2 is 1.83 bits per heavy atom. The second kappa shape index (κ2) is 7.59. The van der Waals surface area contributed by atoms with Gasteiger partial charge in [0, 0.05) is 18.7 Å². The summed E-state index contributed by atoms with van der Waals surface area (Å²) in [7, 11) is 0. The number of carbonyl (C=O) groups excluding carboxylic acids is 2. The zero-order valence-electron chi connectivity index (χ0n) is 14.1. The second-order valence-electron chi connectivity index (χ2n) is 6.84. The Hall–Kier alpha value is -1.88. The Morgan fingerprint density at radius 1 is 1.22 bits per heavy atom. The summed E-state index contributed by atoms with van der Waals surface area (Å²) in [5, 5.41) is 0. The zero-order valence-corrected chi connectivity index (χ0v) is 14.1. The monoisotopic (exact) mass is 319 g/mol. The Labute approximate surface area is 137 Å². The maximum Gasteiger partial charge on any atom is 0.410 e. The standard InChI is InChI=1S/C18H25NO4/c1-18(2,3)23-17(21)19-10-8-16(9-11-19)22-13-15-6-4-14(12-20)5-7-15/h4-7,12,16H,8-11,13H2,1-3H3. The van der Waals surface area contributed by atoms with Gasteiger partial charge in [-0.2, -0.15) is 0 Å². The molecule has 126 valence electrons. The number of likely N-dealkylation sites (tertiary alicyclic amines) is 1. The summed E-state index contributed by atoms with van der Waals surface area (Å²) >= 11 is 0. The molecular formula is C18H25NO4. The predicted octanol–water partition coefficient (Wildman–Crippen LogP) is 3.42. The van der Waals surface area contributed by atoms with Crippen LogP contribution in [0.1, 0.15) is 49.5 Å². The van der Waals surface area contributed by atoms with Crippen LogP contribution in [-0.4, -0.2) is 42.1 Å². The van der Waals surface area contributed by atoms with E-state index in [1.165, 1.54) is 0 Å². The minimum Gasteiger partial charge on any atom is -0.444 e. The highest BCUT2D eigenvalue weighted by atomic mass is 16.6. The van der Waals surface area contributed by atoms with Crippen molar-refractivity contribution in [1.82, 2.24) is 4.90 Å². The maximum atomic E-state index is 12.0. The molecule has 1 aromatic rings. The van der Waals surface area contributed by atoms with Crippen molar-refractivity contribution in [3.63, 3.8) is 0 Å². The first-order valence-electron chi connectivity index (χ1n) is 8.01.